The highest BCUT2D eigenvalue weighted by Crippen LogP contribution is 2.43. The normalized spacial score (nSPS) is 13.4. The van der Waals surface area contributed by atoms with Crippen molar-refractivity contribution in [3.05, 3.63) is 144 Å². The van der Waals surface area contributed by atoms with E-state index in [9.17, 15) is 0 Å². The summed E-state index contributed by atoms with van der Waals surface area (Å²) in [5.74, 6) is 1.26. The number of hydrogen-bond donors (Lipinski definition) is 0. The van der Waals surface area contributed by atoms with Gasteiger partial charge in [0.05, 0.1) is 33.1 Å². The molecule has 0 unspecified atom stereocenters. The van der Waals surface area contributed by atoms with E-state index in [0.717, 1.165) is 65.9 Å². The second-order valence-corrected chi connectivity index (χ2v) is 16.6. The molecule has 0 amide bonds. The van der Waals surface area contributed by atoms with Gasteiger partial charge in [-0.15, -0.1) is 0 Å². The van der Waals surface area contributed by atoms with Crippen LogP contribution in [0.15, 0.2) is 130 Å². The van der Waals surface area contributed by atoms with Crippen molar-refractivity contribution in [2.45, 2.75) is 27.7 Å². The van der Waals surface area contributed by atoms with E-state index in [2.05, 4.69) is 158 Å². The third-order valence-corrected chi connectivity index (χ3v) is 13.8. The van der Waals surface area contributed by atoms with Crippen molar-refractivity contribution >= 4 is 124 Å². The van der Waals surface area contributed by atoms with Crippen molar-refractivity contribution in [2.75, 3.05) is 0 Å². The molecule has 6 heterocycles. The molecule has 6 nitrogen and oxygen atoms in total. The fraction of sp³-hybridized carbons (Fsp3) is 0.0800. The molecule has 58 heavy (non-hydrogen) atoms. The van der Waals surface area contributed by atoms with Gasteiger partial charge in [-0.3, -0.25) is 8.80 Å². The fourth-order valence-corrected chi connectivity index (χ4v) is 11.0. The van der Waals surface area contributed by atoms with Crippen LogP contribution in [0.4, 0.5) is 0 Å². The largest absolute Gasteiger partial charge is 0.424 e. The van der Waals surface area contributed by atoms with Crippen molar-refractivity contribution in [2.24, 2.45) is 0 Å². The molecule has 0 saturated heterocycles. The molecule has 0 radical (unpaired) electrons. The highest BCUT2D eigenvalue weighted by atomic mass is 16.4. The van der Waals surface area contributed by atoms with Gasteiger partial charge in [-0.1, -0.05) is 120 Å². The number of nitrogens with zero attached hydrogens (tertiary/aromatic N) is 4. The summed E-state index contributed by atoms with van der Waals surface area (Å²) in [5, 5.41) is 4.54. The van der Waals surface area contributed by atoms with E-state index in [0.29, 0.717) is 11.7 Å². The molecule has 2 aliphatic rings. The minimum absolute atomic E-state index is 0.0600. The van der Waals surface area contributed by atoms with E-state index in [1.165, 1.54) is 66.1 Å². The lowest BCUT2D eigenvalue weighted by molar-refractivity contribution is 0.623. The molecule has 0 aliphatic carbocycles. The van der Waals surface area contributed by atoms with Gasteiger partial charge in [0.2, 0.25) is 13.4 Å². The van der Waals surface area contributed by atoms with E-state index in [1.54, 1.807) is 0 Å². The van der Waals surface area contributed by atoms with Crippen LogP contribution in [-0.2, 0) is 0 Å². The zero-order valence-electron chi connectivity index (χ0n) is 32.3. The molecular formula is C50H32B2N4O2. The number of benzene rings is 8. The molecule has 0 fully saturated rings. The Labute approximate surface area is 332 Å². The Kier molecular flexibility index (Phi) is 5.61. The number of hydrogen-bond acceptors (Lipinski definition) is 4. The van der Waals surface area contributed by atoms with Gasteiger partial charge in [-0.2, -0.15) is 9.97 Å². The van der Waals surface area contributed by atoms with Gasteiger partial charge in [0, 0.05) is 10.8 Å². The highest BCUT2D eigenvalue weighted by molar-refractivity contribution is 6.99. The molecule has 0 saturated carbocycles. The van der Waals surface area contributed by atoms with Crippen molar-refractivity contribution in [3.63, 3.8) is 0 Å². The molecule has 2 aliphatic heterocycles. The summed E-state index contributed by atoms with van der Waals surface area (Å²) in [4.78, 5) is 10.4. The predicted molar refractivity (Wildman–Crippen MR) is 240 cm³/mol. The van der Waals surface area contributed by atoms with Crippen LogP contribution in [0.1, 0.15) is 22.3 Å². The van der Waals surface area contributed by atoms with Crippen molar-refractivity contribution in [1.82, 2.24) is 18.8 Å². The fourth-order valence-electron chi connectivity index (χ4n) is 11.0. The molecule has 14 rings (SSSR count). The summed E-state index contributed by atoms with van der Waals surface area (Å²) in [6.07, 6.45) is 0. The van der Waals surface area contributed by atoms with Crippen LogP contribution in [0.5, 0.6) is 0 Å². The van der Waals surface area contributed by atoms with Gasteiger partial charge in [0.15, 0.2) is 0 Å². The zero-order chi connectivity index (χ0) is 38.3. The predicted octanol–water partition coefficient (Wildman–Crippen LogP) is 7.65. The Morgan fingerprint density at radius 3 is 1.31 bits per heavy atom. The van der Waals surface area contributed by atoms with Gasteiger partial charge in [-0.25, -0.2) is 0 Å². The Bertz CT molecular complexity index is 3600. The average Bonchev–Trinajstić information content (AvgIpc) is 3.84. The lowest BCUT2D eigenvalue weighted by atomic mass is 9.35. The highest BCUT2D eigenvalue weighted by Gasteiger charge is 2.37. The van der Waals surface area contributed by atoms with Gasteiger partial charge in [0.1, 0.15) is 11.2 Å². The first kappa shape index (κ1) is 31.1. The molecule has 270 valence electrons. The van der Waals surface area contributed by atoms with Gasteiger partial charge < -0.3 is 8.83 Å². The van der Waals surface area contributed by atoms with Crippen LogP contribution in [0, 0.1) is 27.7 Å². The summed E-state index contributed by atoms with van der Waals surface area (Å²) < 4.78 is 18.2. The van der Waals surface area contributed by atoms with E-state index in [4.69, 9.17) is 18.8 Å². The summed E-state index contributed by atoms with van der Waals surface area (Å²) in [6, 6.07) is 44.7. The van der Waals surface area contributed by atoms with Gasteiger partial charge in [0.25, 0.3) is 0 Å². The second-order valence-electron chi connectivity index (χ2n) is 16.6. The molecule has 0 spiro atoms. The molecule has 4 aromatic heterocycles. The van der Waals surface area contributed by atoms with E-state index >= 15 is 0 Å². The van der Waals surface area contributed by atoms with Crippen LogP contribution >= 0.6 is 0 Å². The maximum Gasteiger partial charge on any atom is 0.307 e. The van der Waals surface area contributed by atoms with Crippen LogP contribution in [0.2, 0.25) is 0 Å². The molecule has 8 aromatic carbocycles. The van der Waals surface area contributed by atoms with Crippen molar-refractivity contribution in [1.29, 1.82) is 0 Å². The van der Waals surface area contributed by atoms with Crippen molar-refractivity contribution in [3.8, 4) is 11.1 Å². The topological polar surface area (TPSA) is 60.9 Å². The van der Waals surface area contributed by atoms with Crippen LogP contribution in [0.25, 0.3) is 88.6 Å². The number of aromatic nitrogens is 4. The number of imidazole rings is 2. The van der Waals surface area contributed by atoms with E-state index < -0.39 is 0 Å². The summed E-state index contributed by atoms with van der Waals surface area (Å²) in [5.41, 5.74) is 23.1. The maximum absolute atomic E-state index is 6.78. The Balaban J connectivity index is 1.10. The first-order chi connectivity index (χ1) is 28.4. The van der Waals surface area contributed by atoms with Gasteiger partial charge >= 0.3 is 11.7 Å². The molecule has 0 bridgehead atoms. The Hall–Kier alpha value is -7.05. The van der Waals surface area contributed by atoms with E-state index in [-0.39, 0.29) is 13.4 Å². The molecule has 0 N–H and O–H groups in total. The number of rotatable bonds is 3. The maximum atomic E-state index is 6.78. The minimum atomic E-state index is 0.0600. The minimum Gasteiger partial charge on any atom is -0.424 e. The summed E-state index contributed by atoms with van der Waals surface area (Å²) in [7, 11) is 0. The monoisotopic (exact) mass is 742 g/mol. The second kappa shape index (κ2) is 10.5. The van der Waals surface area contributed by atoms with Crippen LogP contribution in [-0.4, -0.2) is 32.2 Å². The zero-order valence-corrected chi connectivity index (χ0v) is 32.3. The quantitative estimate of drug-likeness (QED) is 0.175. The SMILES string of the molecule is Cc1cc2c3c(nc4oc5ccc(-c6ccc7oc8nc9c(C)c(C)cc%10c9n8c8c(ccc6c78)B%10c6ccccc6)c6ccc(c(c56)n43)B2c2ccccc2)c1C. The molecular weight excluding hydrogens is 710 g/mol. The Morgan fingerprint density at radius 1 is 0.448 bits per heavy atom. The van der Waals surface area contributed by atoms with Gasteiger partial charge in [-0.05, 0) is 106 Å². The van der Waals surface area contributed by atoms with Crippen molar-refractivity contribution < 1.29 is 8.83 Å². The Morgan fingerprint density at radius 2 is 0.879 bits per heavy atom. The lowest BCUT2D eigenvalue weighted by Gasteiger charge is -2.26. The first-order valence-corrected chi connectivity index (χ1v) is 20.2. The molecule has 0 atom stereocenters. The lowest BCUT2D eigenvalue weighted by Crippen LogP contribution is -2.55. The summed E-state index contributed by atoms with van der Waals surface area (Å²) >= 11 is 0. The smallest absolute Gasteiger partial charge is 0.307 e. The molecule has 8 heteroatoms. The van der Waals surface area contributed by atoms with E-state index in [1.807, 2.05) is 0 Å². The third kappa shape index (κ3) is 3.59. The standard InChI is InChI=1S/C50H32B2N4O2/c1-25-23-37-47-43(27(25)3)53-49-55(47)45-35(51(37)29-11-7-5-8-12-29)19-15-33-31(17-21-39(57-49)41(33)45)32-18-22-40-42-34(32)16-20-36-46(42)56-48-38(52(36)30-13-9-6-10-14-30)24-26(2)28(4)44(48)54-50(56)58-40/h5-24H,1-4H3. The average molecular weight is 742 g/mol. The molecule has 12 aromatic rings. The van der Waals surface area contributed by atoms with Crippen LogP contribution in [0.3, 0.4) is 0 Å². The first-order valence-electron chi connectivity index (χ1n) is 20.2. The third-order valence-electron chi connectivity index (χ3n) is 13.8. The number of aryl methyl sites for hydroxylation is 4. The van der Waals surface area contributed by atoms with Crippen LogP contribution < -0.4 is 32.8 Å². The summed E-state index contributed by atoms with van der Waals surface area (Å²) in [6.45, 7) is 8.87.